The summed E-state index contributed by atoms with van der Waals surface area (Å²) in [5.74, 6) is 1.12. The molecule has 0 radical (unpaired) electrons. The monoisotopic (exact) mass is 477 g/mol. The Kier molecular flexibility index (Phi) is 6.49. The molecule has 2 aromatic rings. The Hall–Kier alpha value is -1.58. The van der Waals surface area contributed by atoms with Gasteiger partial charge in [-0.1, -0.05) is 31.0 Å². The van der Waals surface area contributed by atoms with Crippen LogP contribution >= 0.6 is 11.8 Å². The van der Waals surface area contributed by atoms with Gasteiger partial charge in [0.05, 0.1) is 10.6 Å². The number of hydrogen-bond donors (Lipinski definition) is 0. The molecule has 2 aliphatic heterocycles. The van der Waals surface area contributed by atoms with E-state index in [9.17, 15) is 13.2 Å². The van der Waals surface area contributed by atoms with Gasteiger partial charge in [-0.2, -0.15) is 4.31 Å². The summed E-state index contributed by atoms with van der Waals surface area (Å²) < 4.78 is 33.3. The third kappa shape index (κ3) is 4.43. The summed E-state index contributed by atoms with van der Waals surface area (Å²) in [7, 11) is -3.51. The second kappa shape index (κ2) is 9.35. The molecule has 1 aliphatic carbocycles. The maximum absolute atomic E-state index is 13.0. The van der Waals surface area contributed by atoms with Crippen molar-refractivity contribution in [3.8, 4) is 0 Å². The van der Waals surface area contributed by atoms with Gasteiger partial charge in [0.1, 0.15) is 5.52 Å². The van der Waals surface area contributed by atoms with Crippen LogP contribution in [0.2, 0.25) is 0 Å². The van der Waals surface area contributed by atoms with Crippen LogP contribution in [0.25, 0.3) is 11.1 Å². The van der Waals surface area contributed by atoms with Gasteiger partial charge in [0.2, 0.25) is 15.9 Å². The van der Waals surface area contributed by atoms with Crippen molar-refractivity contribution in [3.63, 3.8) is 0 Å². The number of amides is 1. The minimum Gasteiger partial charge on any atom is -0.431 e. The van der Waals surface area contributed by atoms with Gasteiger partial charge in [-0.15, -0.1) is 0 Å². The molecule has 5 rings (SSSR count). The predicted octanol–water partition coefficient (Wildman–Crippen LogP) is 4.28. The molecule has 0 bridgehead atoms. The molecule has 3 heterocycles. The number of aromatic nitrogens is 1. The van der Waals surface area contributed by atoms with E-state index in [1.165, 1.54) is 37.4 Å². The number of piperidine rings is 2. The minimum absolute atomic E-state index is 0.155. The summed E-state index contributed by atoms with van der Waals surface area (Å²) in [6.07, 6.45) is 10.1. The fourth-order valence-corrected chi connectivity index (χ4v) is 7.77. The molecule has 32 heavy (non-hydrogen) atoms. The molecular weight excluding hydrogens is 446 g/mol. The van der Waals surface area contributed by atoms with Gasteiger partial charge in [0.15, 0.2) is 5.58 Å². The van der Waals surface area contributed by atoms with Crippen molar-refractivity contribution in [2.45, 2.75) is 73.9 Å². The summed E-state index contributed by atoms with van der Waals surface area (Å²) in [6, 6.07) is 5.25. The Bertz CT molecular complexity index is 1080. The first-order valence-electron chi connectivity index (χ1n) is 11.9. The topological polar surface area (TPSA) is 83.7 Å². The molecule has 0 N–H and O–H groups in total. The smallest absolute Gasteiger partial charge is 0.257 e. The second-order valence-corrected chi connectivity index (χ2v) is 12.1. The molecule has 1 amide bonds. The van der Waals surface area contributed by atoms with Gasteiger partial charge in [0.25, 0.3) is 5.22 Å². The standard InChI is InChI=1S/C23H31N3O4S2/c27-22(26-14-6-8-17-7-2-3-9-20(17)26)16-31-23-24-19-15-18(10-11-21(19)30-23)32(28,29)25-12-4-1-5-13-25/h10-11,15,17,20H,1-9,12-14,16H2/t17-,20+/m0/s1. The summed E-state index contributed by atoms with van der Waals surface area (Å²) >= 11 is 1.30. The van der Waals surface area contributed by atoms with E-state index < -0.39 is 10.0 Å². The highest BCUT2D eigenvalue weighted by molar-refractivity contribution is 7.99. The number of fused-ring (bicyclic) bond motifs is 2. The lowest BCUT2D eigenvalue weighted by Gasteiger charge is -2.44. The number of benzene rings is 1. The largest absolute Gasteiger partial charge is 0.431 e. The third-order valence-electron chi connectivity index (χ3n) is 7.17. The Morgan fingerprint density at radius 2 is 1.81 bits per heavy atom. The van der Waals surface area contributed by atoms with Crippen molar-refractivity contribution in [2.75, 3.05) is 25.4 Å². The van der Waals surface area contributed by atoms with E-state index in [1.54, 1.807) is 22.5 Å². The van der Waals surface area contributed by atoms with Crippen LogP contribution in [0.5, 0.6) is 0 Å². The molecule has 7 nitrogen and oxygen atoms in total. The average molecular weight is 478 g/mol. The van der Waals surface area contributed by atoms with Crippen LogP contribution in [0, 0.1) is 5.92 Å². The minimum atomic E-state index is -3.51. The Balaban J connectivity index is 1.26. The first-order chi connectivity index (χ1) is 15.5. The number of nitrogens with zero attached hydrogens (tertiary/aromatic N) is 3. The van der Waals surface area contributed by atoms with Crippen LogP contribution in [-0.2, 0) is 14.8 Å². The molecule has 2 atom stereocenters. The van der Waals surface area contributed by atoms with Crippen molar-refractivity contribution in [1.82, 2.24) is 14.2 Å². The zero-order valence-corrected chi connectivity index (χ0v) is 20.0. The van der Waals surface area contributed by atoms with Crippen molar-refractivity contribution in [3.05, 3.63) is 18.2 Å². The maximum atomic E-state index is 13.0. The number of hydrogen-bond acceptors (Lipinski definition) is 6. The van der Waals surface area contributed by atoms with E-state index in [1.807, 2.05) is 0 Å². The summed E-state index contributed by atoms with van der Waals surface area (Å²) in [4.78, 5) is 19.8. The molecule has 3 fully saturated rings. The van der Waals surface area contributed by atoms with Crippen molar-refractivity contribution >= 4 is 38.8 Å². The van der Waals surface area contributed by atoms with Gasteiger partial charge in [-0.05, 0) is 62.6 Å². The number of rotatable bonds is 5. The highest BCUT2D eigenvalue weighted by Crippen LogP contribution is 2.36. The second-order valence-electron chi connectivity index (χ2n) is 9.20. The summed E-state index contributed by atoms with van der Waals surface area (Å²) in [6.45, 7) is 1.99. The Morgan fingerprint density at radius 3 is 2.66 bits per heavy atom. The third-order valence-corrected chi connectivity index (χ3v) is 9.88. The molecule has 0 spiro atoms. The molecule has 174 valence electrons. The molecule has 0 unspecified atom stereocenters. The molecule has 3 aliphatic rings. The van der Waals surface area contributed by atoms with Crippen molar-refractivity contribution < 1.29 is 17.6 Å². The Labute approximate surface area is 194 Å². The number of oxazole rings is 1. The number of carbonyl (C=O) groups excluding carboxylic acids is 1. The lowest BCUT2D eigenvalue weighted by Crippen LogP contribution is -2.50. The summed E-state index contributed by atoms with van der Waals surface area (Å²) in [5, 5.41) is 0.415. The van der Waals surface area contributed by atoms with E-state index in [4.69, 9.17) is 4.42 Å². The molecule has 1 aromatic carbocycles. The van der Waals surface area contributed by atoms with Crippen molar-refractivity contribution in [2.24, 2.45) is 5.92 Å². The van der Waals surface area contributed by atoms with Gasteiger partial charge < -0.3 is 9.32 Å². The number of thioether (sulfide) groups is 1. The summed E-state index contributed by atoms with van der Waals surface area (Å²) in [5.41, 5.74) is 1.06. The van der Waals surface area contributed by atoms with E-state index in [-0.39, 0.29) is 10.8 Å². The van der Waals surface area contributed by atoms with Gasteiger partial charge in [-0.3, -0.25) is 4.79 Å². The number of sulfonamides is 1. The first kappa shape index (κ1) is 22.2. The quantitative estimate of drug-likeness (QED) is 0.598. The van der Waals surface area contributed by atoms with Crippen molar-refractivity contribution in [1.29, 1.82) is 0 Å². The number of likely N-dealkylation sites (tertiary alicyclic amines) is 1. The lowest BCUT2D eigenvalue weighted by molar-refractivity contribution is -0.134. The number of carbonyl (C=O) groups is 1. The van der Waals surface area contributed by atoms with Gasteiger partial charge in [0, 0.05) is 25.7 Å². The zero-order chi connectivity index (χ0) is 22.1. The lowest BCUT2D eigenvalue weighted by atomic mass is 9.78. The highest BCUT2D eigenvalue weighted by atomic mass is 32.2. The van der Waals surface area contributed by atoms with Crippen LogP contribution in [0.15, 0.2) is 32.7 Å². The van der Waals surface area contributed by atoms with Gasteiger partial charge >= 0.3 is 0 Å². The molecular formula is C23H31N3O4S2. The SMILES string of the molecule is O=C(CSc1nc2cc(S(=O)(=O)N3CCCCC3)ccc2o1)N1CCC[C@@H]2CCCC[C@H]21. The van der Waals surface area contributed by atoms with E-state index in [0.29, 0.717) is 47.1 Å². The fourth-order valence-electron chi connectivity index (χ4n) is 5.50. The van der Waals surface area contributed by atoms with E-state index in [2.05, 4.69) is 9.88 Å². The Morgan fingerprint density at radius 1 is 1.03 bits per heavy atom. The highest BCUT2D eigenvalue weighted by Gasteiger charge is 2.35. The van der Waals surface area contributed by atoms with Crippen LogP contribution < -0.4 is 0 Å². The van der Waals surface area contributed by atoms with E-state index in [0.717, 1.165) is 38.6 Å². The van der Waals surface area contributed by atoms with Crippen LogP contribution in [0.1, 0.15) is 57.8 Å². The molecule has 9 heteroatoms. The first-order valence-corrected chi connectivity index (χ1v) is 14.3. The normalized spacial score (nSPS) is 25.1. The fraction of sp³-hybridized carbons (Fsp3) is 0.652. The van der Waals surface area contributed by atoms with E-state index >= 15 is 0 Å². The average Bonchev–Trinajstić information content (AvgIpc) is 3.25. The van der Waals surface area contributed by atoms with Crippen LogP contribution in [0.4, 0.5) is 0 Å². The molecule has 1 saturated carbocycles. The maximum Gasteiger partial charge on any atom is 0.257 e. The van der Waals surface area contributed by atoms with Crippen LogP contribution in [-0.4, -0.2) is 59.9 Å². The predicted molar refractivity (Wildman–Crippen MR) is 124 cm³/mol. The van der Waals surface area contributed by atoms with Crippen LogP contribution in [0.3, 0.4) is 0 Å². The van der Waals surface area contributed by atoms with Gasteiger partial charge in [-0.25, -0.2) is 13.4 Å². The molecule has 2 saturated heterocycles. The molecule has 1 aromatic heterocycles. The zero-order valence-electron chi connectivity index (χ0n) is 18.4.